The van der Waals surface area contributed by atoms with Crippen molar-refractivity contribution in [3.05, 3.63) is 76.1 Å². The third-order valence-electron chi connectivity index (χ3n) is 3.71. The normalized spacial score (nSPS) is 12.0. The Hall–Kier alpha value is -2.47. The van der Waals surface area contributed by atoms with Gasteiger partial charge >= 0.3 is 0 Å². The summed E-state index contributed by atoms with van der Waals surface area (Å²) in [6.07, 6.45) is 1.50. The Bertz CT molecular complexity index is 861. The maximum Gasteiger partial charge on any atom is 0.255 e. The molecule has 0 radical (unpaired) electrons. The Morgan fingerprint density at radius 2 is 2.00 bits per heavy atom. The van der Waals surface area contributed by atoms with Crippen LogP contribution in [0.15, 0.2) is 59.2 Å². The van der Waals surface area contributed by atoms with Crippen molar-refractivity contribution in [2.45, 2.75) is 13.0 Å². The summed E-state index contributed by atoms with van der Waals surface area (Å²) in [6.45, 7) is 1.85. The maximum atomic E-state index is 13.0. The zero-order chi connectivity index (χ0) is 17.1. The van der Waals surface area contributed by atoms with Crippen molar-refractivity contribution in [2.24, 2.45) is 0 Å². The minimum Gasteiger partial charge on any atom is -0.345 e. The fourth-order valence-corrected chi connectivity index (χ4v) is 2.83. The lowest BCUT2D eigenvalue weighted by Gasteiger charge is -2.14. The molecule has 0 unspecified atom stereocenters. The Kier molecular flexibility index (Phi) is 4.76. The third kappa shape index (κ3) is 3.54. The van der Waals surface area contributed by atoms with Crippen molar-refractivity contribution in [1.82, 2.24) is 15.5 Å². The summed E-state index contributed by atoms with van der Waals surface area (Å²) in [5.41, 5.74) is 2.81. The van der Waals surface area contributed by atoms with Crippen LogP contribution in [0.5, 0.6) is 0 Å². The van der Waals surface area contributed by atoms with Crippen molar-refractivity contribution < 1.29 is 9.18 Å². The molecule has 0 spiro atoms. The van der Waals surface area contributed by atoms with Gasteiger partial charge in [0.05, 0.1) is 23.5 Å². The van der Waals surface area contributed by atoms with Gasteiger partial charge < -0.3 is 5.32 Å². The number of benzene rings is 2. The average Bonchev–Trinajstić information content (AvgIpc) is 3.05. The van der Waals surface area contributed by atoms with Crippen molar-refractivity contribution in [1.29, 1.82) is 0 Å². The van der Waals surface area contributed by atoms with E-state index in [0.717, 1.165) is 15.6 Å². The zero-order valence-electron chi connectivity index (χ0n) is 12.9. The van der Waals surface area contributed by atoms with Gasteiger partial charge in [0.1, 0.15) is 5.82 Å². The molecular weight excluding hydrogens is 373 g/mol. The number of carbonyl (C=O) groups excluding carboxylic acids is 1. The van der Waals surface area contributed by atoms with Gasteiger partial charge in [-0.05, 0) is 36.8 Å². The van der Waals surface area contributed by atoms with Gasteiger partial charge in [-0.3, -0.25) is 9.89 Å². The second-order valence-electron chi connectivity index (χ2n) is 5.42. The van der Waals surface area contributed by atoms with Crippen LogP contribution in [0.2, 0.25) is 0 Å². The minimum absolute atomic E-state index is 0.240. The summed E-state index contributed by atoms with van der Waals surface area (Å²) in [7, 11) is 0. The summed E-state index contributed by atoms with van der Waals surface area (Å²) in [6, 6.07) is 13.4. The zero-order valence-corrected chi connectivity index (χ0v) is 14.5. The van der Waals surface area contributed by atoms with Crippen LogP contribution in [0.3, 0.4) is 0 Å². The van der Waals surface area contributed by atoms with Crippen molar-refractivity contribution in [3.63, 3.8) is 0 Å². The molecule has 0 aliphatic carbocycles. The van der Waals surface area contributed by atoms with E-state index < -0.39 is 0 Å². The second kappa shape index (κ2) is 6.97. The lowest BCUT2D eigenvalue weighted by Crippen LogP contribution is -2.26. The highest BCUT2D eigenvalue weighted by Gasteiger charge is 2.18. The number of H-pyrrole nitrogens is 1. The van der Waals surface area contributed by atoms with E-state index in [9.17, 15) is 9.18 Å². The number of nitrogens with one attached hydrogen (secondary N) is 2. The molecule has 0 aliphatic rings. The van der Waals surface area contributed by atoms with Gasteiger partial charge in [-0.15, -0.1) is 0 Å². The van der Waals surface area contributed by atoms with Gasteiger partial charge in [-0.1, -0.05) is 40.2 Å². The van der Waals surface area contributed by atoms with Crippen molar-refractivity contribution in [2.75, 3.05) is 0 Å². The number of carbonyl (C=O) groups is 1. The molecule has 24 heavy (non-hydrogen) atoms. The molecule has 3 rings (SSSR count). The molecule has 2 N–H and O–H groups in total. The summed E-state index contributed by atoms with van der Waals surface area (Å²) in [5.74, 6) is -0.542. The molecule has 4 nitrogen and oxygen atoms in total. The Morgan fingerprint density at radius 3 is 2.71 bits per heavy atom. The van der Waals surface area contributed by atoms with E-state index in [1.807, 2.05) is 31.2 Å². The van der Waals surface area contributed by atoms with Gasteiger partial charge in [0.15, 0.2) is 0 Å². The molecule has 1 aromatic heterocycles. The highest BCUT2D eigenvalue weighted by molar-refractivity contribution is 9.10. The minimum atomic E-state index is -0.302. The first-order valence-corrected chi connectivity index (χ1v) is 8.19. The van der Waals surface area contributed by atoms with Crippen LogP contribution in [-0.4, -0.2) is 16.1 Å². The first-order chi connectivity index (χ1) is 11.5. The lowest BCUT2D eigenvalue weighted by atomic mass is 10.1. The van der Waals surface area contributed by atoms with Crippen molar-refractivity contribution in [3.8, 4) is 11.3 Å². The molecule has 3 aromatic rings. The number of hydrogen-bond acceptors (Lipinski definition) is 2. The molecule has 0 saturated heterocycles. The van der Waals surface area contributed by atoms with Gasteiger partial charge in [0.25, 0.3) is 5.91 Å². The van der Waals surface area contributed by atoms with Crippen LogP contribution < -0.4 is 5.32 Å². The second-order valence-corrected chi connectivity index (χ2v) is 6.33. The van der Waals surface area contributed by atoms with Gasteiger partial charge in [-0.25, -0.2) is 4.39 Å². The van der Waals surface area contributed by atoms with E-state index in [4.69, 9.17) is 0 Å². The molecule has 1 heterocycles. The highest BCUT2D eigenvalue weighted by Crippen LogP contribution is 2.25. The number of aromatic nitrogens is 2. The fraction of sp³-hybridized carbons (Fsp3) is 0.111. The quantitative estimate of drug-likeness (QED) is 0.693. The van der Waals surface area contributed by atoms with Crippen LogP contribution in [0, 0.1) is 5.82 Å². The number of halogens is 2. The van der Waals surface area contributed by atoms with Crippen LogP contribution in [-0.2, 0) is 0 Å². The Labute approximate surface area is 147 Å². The monoisotopic (exact) mass is 387 g/mol. The topological polar surface area (TPSA) is 57.8 Å². The smallest absolute Gasteiger partial charge is 0.255 e. The molecule has 0 fully saturated rings. The molecule has 2 aromatic carbocycles. The van der Waals surface area contributed by atoms with Crippen LogP contribution in [0.25, 0.3) is 11.3 Å². The fourth-order valence-electron chi connectivity index (χ4n) is 2.43. The standard InChI is InChI=1S/C18H15BrFN3O/c1-11(12-5-7-15(20)8-6-12)22-18(24)16-10-21-23-17(16)13-3-2-4-14(19)9-13/h2-11H,1H3,(H,21,23)(H,22,24)/t11-/m1/s1. The largest absolute Gasteiger partial charge is 0.345 e. The van der Waals surface area contributed by atoms with Gasteiger partial charge in [0.2, 0.25) is 0 Å². The van der Waals surface area contributed by atoms with E-state index >= 15 is 0 Å². The molecule has 1 amide bonds. The van der Waals surface area contributed by atoms with E-state index in [-0.39, 0.29) is 17.8 Å². The first kappa shape index (κ1) is 16.4. The van der Waals surface area contributed by atoms with Gasteiger partial charge in [0, 0.05) is 10.0 Å². The summed E-state index contributed by atoms with van der Waals surface area (Å²) in [5, 5.41) is 9.77. The van der Waals surface area contributed by atoms with E-state index in [1.54, 1.807) is 12.1 Å². The van der Waals surface area contributed by atoms with Crippen LogP contribution in [0.4, 0.5) is 4.39 Å². The Balaban J connectivity index is 1.81. The van der Waals surface area contributed by atoms with Crippen LogP contribution >= 0.6 is 15.9 Å². The molecule has 0 aliphatic heterocycles. The highest BCUT2D eigenvalue weighted by atomic mass is 79.9. The van der Waals surface area contributed by atoms with E-state index in [1.165, 1.54) is 18.3 Å². The SMILES string of the molecule is C[C@@H](NC(=O)c1cn[nH]c1-c1cccc(Br)c1)c1ccc(F)cc1. The summed E-state index contributed by atoms with van der Waals surface area (Å²) >= 11 is 3.42. The molecule has 122 valence electrons. The van der Waals surface area contributed by atoms with Crippen molar-refractivity contribution >= 4 is 21.8 Å². The average molecular weight is 388 g/mol. The molecule has 0 bridgehead atoms. The predicted molar refractivity (Wildman–Crippen MR) is 94.0 cm³/mol. The Morgan fingerprint density at radius 1 is 1.25 bits per heavy atom. The summed E-state index contributed by atoms with van der Waals surface area (Å²) < 4.78 is 13.9. The first-order valence-electron chi connectivity index (χ1n) is 7.40. The molecule has 1 atom stereocenters. The number of hydrogen-bond donors (Lipinski definition) is 2. The summed E-state index contributed by atoms with van der Waals surface area (Å²) in [4.78, 5) is 12.6. The maximum absolute atomic E-state index is 13.0. The molecule has 6 heteroatoms. The lowest BCUT2D eigenvalue weighted by molar-refractivity contribution is 0.0940. The van der Waals surface area contributed by atoms with Gasteiger partial charge in [-0.2, -0.15) is 5.10 Å². The van der Waals surface area contributed by atoms with E-state index in [2.05, 4.69) is 31.4 Å². The number of nitrogens with zero attached hydrogens (tertiary/aromatic N) is 1. The van der Waals surface area contributed by atoms with Crippen LogP contribution in [0.1, 0.15) is 28.9 Å². The number of aromatic amines is 1. The molecular formula is C18H15BrFN3O. The number of rotatable bonds is 4. The number of amides is 1. The molecule has 0 saturated carbocycles. The third-order valence-corrected chi connectivity index (χ3v) is 4.21. The van der Waals surface area contributed by atoms with E-state index in [0.29, 0.717) is 11.3 Å². The predicted octanol–water partition coefficient (Wildman–Crippen LogP) is 4.47.